The standard InChI is InChI=1S/C38H46F3N7O7S2/c1-7-9-10-11-17-47(5)35(51)48-18-14-24(19-26(48)31(49)45-37(20-23(37)8-2)34(50)46-57(52,53)36(4)15-16-36)55-32-25-12-13-27(54-6)22(3)29(25)43-30(44-32)33-42-28(21-56-33)38(39,40)41/h7-8,12-13,21,23-24,26H,1-2,9-11,14-20H2,3-6H3,(H,45,49)(H,46,50)/t23-,24+,26+,37-/m1/s1. The molecule has 4 atom stereocenters. The lowest BCUT2D eigenvalue weighted by Gasteiger charge is -2.40. The number of aryl methyl sites for hydroxylation is 1. The number of methoxy groups -OCH3 is 1. The molecule has 4 amide bonds. The number of amides is 4. The number of halogens is 3. The Hall–Kier alpha value is -4.78. The summed E-state index contributed by atoms with van der Waals surface area (Å²) in [5.41, 5.74) is -1.77. The third-order valence-electron chi connectivity index (χ3n) is 11.0. The highest BCUT2D eigenvalue weighted by Crippen LogP contribution is 2.47. The molecule has 2 N–H and O–H groups in total. The fourth-order valence-corrected chi connectivity index (χ4v) is 9.01. The SMILES string of the molecule is C=CCCCCN(C)C(=O)N1CC[C@H](Oc2nc(-c3nc(C(F)(F)F)cs3)nc3c(C)c(OC)ccc23)C[C@H]1C(=O)N[C@]1(C(=O)NS(=O)(=O)C2(C)CC2)C[C@H]1C=C. The lowest BCUT2D eigenvalue weighted by atomic mass is 9.97. The van der Waals surface area contributed by atoms with E-state index < -0.39 is 68.1 Å². The van der Waals surface area contributed by atoms with E-state index in [-0.39, 0.29) is 42.5 Å². The molecule has 308 valence electrons. The van der Waals surface area contributed by atoms with Crippen molar-refractivity contribution in [3.8, 4) is 22.5 Å². The Morgan fingerprint density at radius 3 is 2.51 bits per heavy atom. The molecular weight excluding hydrogens is 788 g/mol. The van der Waals surface area contributed by atoms with Crippen LogP contribution >= 0.6 is 11.3 Å². The Morgan fingerprint density at radius 1 is 1.16 bits per heavy atom. The van der Waals surface area contributed by atoms with E-state index in [1.807, 2.05) is 0 Å². The number of carbonyl (C=O) groups is 3. The zero-order chi connectivity index (χ0) is 41.5. The molecule has 1 saturated heterocycles. The van der Waals surface area contributed by atoms with E-state index in [0.717, 1.165) is 29.6 Å². The summed E-state index contributed by atoms with van der Waals surface area (Å²) in [5, 5.41) is 4.00. The molecule has 0 spiro atoms. The third kappa shape index (κ3) is 8.44. The van der Waals surface area contributed by atoms with Crippen molar-refractivity contribution in [2.45, 2.75) is 93.8 Å². The molecule has 2 saturated carbocycles. The molecule has 0 bridgehead atoms. The molecule has 3 aromatic rings. The molecule has 0 radical (unpaired) electrons. The van der Waals surface area contributed by atoms with E-state index in [4.69, 9.17) is 9.47 Å². The molecule has 2 aromatic heterocycles. The minimum absolute atomic E-state index is 0.0244. The largest absolute Gasteiger partial charge is 0.496 e. The van der Waals surface area contributed by atoms with Gasteiger partial charge in [-0.3, -0.25) is 14.3 Å². The molecule has 3 fully saturated rings. The number of likely N-dealkylation sites (tertiary alicyclic amines) is 1. The van der Waals surface area contributed by atoms with Crippen LogP contribution in [0.5, 0.6) is 11.6 Å². The number of urea groups is 1. The van der Waals surface area contributed by atoms with Gasteiger partial charge in [0.25, 0.3) is 5.91 Å². The molecule has 2 aliphatic carbocycles. The first-order chi connectivity index (χ1) is 26.9. The van der Waals surface area contributed by atoms with Crippen LogP contribution in [0.1, 0.15) is 69.5 Å². The van der Waals surface area contributed by atoms with Crippen molar-refractivity contribution < 1.29 is 45.4 Å². The number of ether oxygens (including phenoxy) is 2. The van der Waals surface area contributed by atoms with Gasteiger partial charge < -0.3 is 24.6 Å². The Bertz CT molecular complexity index is 2190. The summed E-state index contributed by atoms with van der Waals surface area (Å²) in [6.07, 6.45) is 1.19. The van der Waals surface area contributed by atoms with Gasteiger partial charge in [0, 0.05) is 49.8 Å². The molecule has 3 heterocycles. The quantitative estimate of drug-likeness (QED) is 0.142. The lowest BCUT2D eigenvalue weighted by molar-refractivity contribution is -0.140. The second kappa shape index (κ2) is 15.9. The normalized spacial score (nSPS) is 22.6. The molecule has 6 rings (SSSR count). The predicted octanol–water partition coefficient (Wildman–Crippen LogP) is 5.77. The number of piperidine rings is 1. The van der Waals surface area contributed by atoms with Crippen molar-refractivity contribution in [1.29, 1.82) is 0 Å². The molecule has 1 aliphatic heterocycles. The summed E-state index contributed by atoms with van der Waals surface area (Å²) in [7, 11) is -0.923. The first kappa shape index (κ1) is 41.8. The number of thiazole rings is 1. The number of hydrogen-bond acceptors (Lipinski definition) is 11. The van der Waals surface area contributed by atoms with Gasteiger partial charge in [-0.1, -0.05) is 12.2 Å². The van der Waals surface area contributed by atoms with Crippen LogP contribution in [0.15, 0.2) is 42.8 Å². The van der Waals surface area contributed by atoms with Gasteiger partial charge in [0.2, 0.25) is 21.8 Å². The Labute approximate surface area is 333 Å². The van der Waals surface area contributed by atoms with Crippen molar-refractivity contribution in [2.75, 3.05) is 27.2 Å². The van der Waals surface area contributed by atoms with E-state index in [2.05, 4.69) is 38.1 Å². The van der Waals surface area contributed by atoms with Crippen LogP contribution < -0.4 is 19.5 Å². The number of nitrogens with zero attached hydrogens (tertiary/aromatic N) is 5. The molecule has 0 unspecified atom stereocenters. The number of fused-ring (bicyclic) bond motifs is 1. The summed E-state index contributed by atoms with van der Waals surface area (Å²) < 4.78 is 79.7. The van der Waals surface area contributed by atoms with Crippen LogP contribution in [0, 0.1) is 12.8 Å². The van der Waals surface area contributed by atoms with E-state index in [0.29, 0.717) is 48.0 Å². The van der Waals surface area contributed by atoms with Gasteiger partial charge in [0.1, 0.15) is 23.4 Å². The monoisotopic (exact) mass is 833 g/mol. The van der Waals surface area contributed by atoms with Gasteiger partial charge >= 0.3 is 12.2 Å². The Morgan fingerprint density at radius 2 is 1.89 bits per heavy atom. The van der Waals surface area contributed by atoms with Gasteiger partial charge in [-0.2, -0.15) is 18.2 Å². The number of nitrogens with one attached hydrogen (secondary N) is 2. The summed E-state index contributed by atoms with van der Waals surface area (Å²) in [5.74, 6) is -1.75. The maximum atomic E-state index is 14.4. The van der Waals surface area contributed by atoms with Crippen molar-refractivity contribution in [2.24, 2.45) is 5.92 Å². The van der Waals surface area contributed by atoms with E-state index in [1.165, 1.54) is 23.0 Å². The van der Waals surface area contributed by atoms with Crippen LogP contribution in [-0.4, -0.2) is 101 Å². The van der Waals surface area contributed by atoms with Crippen molar-refractivity contribution in [1.82, 2.24) is 34.8 Å². The third-order valence-corrected chi connectivity index (χ3v) is 14.0. The zero-order valence-electron chi connectivity index (χ0n) is 32.1. The predicted molar refractivity (Wildman–Crippen MR) is 207 cm³/mol. The number of carbonyl (C=O) groups excluding carboxylic acids is 3. The molecule has 19 heteroatoms. The number of alkyl halides is 3. The van der Waals surface area contributed by atoms with Crippen molar-refractivity contribution in [3.63, 3.8) is 0 Å². The minimum Gasteiger partial charge on any atom is -0.496 e. The highest BCUT2D eigenvalue weighted by Gasteiger charge is 2.62. The maximum absolute atomic E-state index is 14.4. The van der Waals surface area contributed by atoms with E-state index in [9.17, 15) is 36.0 Å². The molecule has 1 aromatic carbocycles. The summed E-state index contributed by atoms with van der Waals surface area (Å²) in [4.78, 5) is 57.7. The molecule has 14 nitrogen and oxygen atoms in total. The van der Waals surface area contributed by atoms with Crippen LogP contribution in [0.3, 0.4) is 0 Å². The summed E-state index contributed by atoms with van der Waals surface area (Å²) in [6.45, 7) is 11.2. The van der Waals surface area contributed by atoms with Crippen molar-refractivity contribution in [3.05, 3.63) is 54.1 Å². The average Bonchev–Trinajstić information content (AvgIpc) is 4.04. The Balaban J connectivity index is 1.31. The topological polar surface area (TPSA) is 173 Å². The van der Waals surface area contributed by atoms with Gasteiger partial charge in [0.05, 0.1) is 22.8 Å². The number of benzene rings is 1. The number of allylic oxidation sites excluding steroid dienone is 1. The smallest absolute Gasteiger partial charge is 0.434 e. The number of sulfonamides is 1. The summed E-state index contributed by atoms with van der Waals surface area (Å²) >= 11 is 0.724. The second-order valence-corrected chi connectivity index (χ2v) is 18.1. The highest BCUT2D eigenvalue weighted by atomic mass is 32.2. The van der Waals surface area contributed by atoms with Crippen LogP contribution in [0.25, 0.3) is 21.7 Å². The first-order valence-electron chi connectivity index (χ1n) is 18.6. The maximum Gasteiger partial charge on any atom is 0.434 e. The van der Waals surface area contributed by atoms with Crippen LogP contribution in [0.4, 0.5) is 18.0 Å². The van der Waals surface area contributed by atoms with Crippen LogP contribution in [-0.2, 0) is 25.8 Å². The first-order valence-corrected chi connectivity index (χ1v) is 20.9. The molecule has 3 aliphatic rings. The van der Waals surface area contributed by atoms with Gasteiger partial charge in [-0.25, -0.2) is 23.2 Å². The van der Waals surface area contributed by atoms with Gasteiger partial charge in [-0.05, 0) is 64.5 Å². The van der Waals surface area contributed by atoms with Gasteiger partial charge in [-0.15, -0.1) is 24.5 Å². The van der Waals surface area contributed by atoms with E-state index in [1.54, 1.807) is 39.1 Å². The summed E-state index contributed by atoms with van der Waals surface area (Å²) in [6, 6.07) is 1.74. The highest BCUT2D eigenvalue weighted by molar-refractivity contribution is 7.91. The van der Waals surface area contributed by atoms with Crippen molar-refractivity contribution >= 4 is 50.1 Å². The van der Waals surface area contributed by atoms with Gasteiger partial charge in [0.15, 0.2) is 16.5 Å². The number of rotatable bonds is 15. The number of aromatic nitrogens is 3. The fraction of sp³-hybridized carbons (Fsp3) is 0.526. The van der Waals surface area contributed by atoms with E-state index >= 15 is 0 Å². The minimum atomic E-state index is -4.68. The fourth-order valence-electron chi connectivity index (χ4n) is 6.95. The zero-order valence-corrected chi connectivity index (χ0v) is 33.8. The Kier molecular flexibility index (Phi) is 11.7. The number of hydrogen-bond donors (Lipinski definition) is 2. The lowest BCUT2D eigenvalue weighted by Crippen LogP contribution is -2.61. The van der Waals surface area contributed by atoms with Crippen LogP contribution in [0.2, 0.25) is 0 Å². The molecule has 57 heavy (non-hydrogen) atoms. The second-order valence-electron chi connectivity index (χ2n) is 15.0. The molecular formula is C38H46F3N7O7S2. The number of unbranched alkanes of at least 4 members (excludes halogenated alkanes) is 2. The average molecular weight is 834 g/mol.